The lowest BCUT2D eigenvalue weighted by molar-refractivity contribution is -0.137. The molecule has 1 aromatic carbocycles. The summed E-state index contributed by atoms with van der Waals surface area (Å²) in [6.45, 7) is 4.62. The summed E-state index contributed by atoms with van der Waals surface area (Å²) in [5.41, 5.74) is 0.285. The van der Waals surface area contributed by atoms with E-state index in [1.807, 2.05) is 11.8 Å². The first-order chi connectivity index (χ1) is 13.9. The van der Waals surface area contributed by atoms with Crippen molar-refractivity contribution >= 4 is 29.3 Å². The number of carbonyl (C=O) groups is 2. The van der Waals surface area contributed by atoms with Crippen molar-refractivity contribution in [3.63, 3.8) is 0 Å². The maximum absolute atomic E-state index is 13.5. The normalized spacial score (nSPS) is 10.9. The van der Waals surface area contributed by atoms with Crippen molar-refractivity contribution in [2.24, 2.45) is 0 Å². The molecule has 1 amide bonds. The number of amides is 1. The molecule has 0 aromatic heterocycles. The van der Waals surface area contributed by atoms with Crippen LogP contribution in [0.15, 0.2) is 18.2 Å². The lowest BCUT2D eigenvalue weighted by Gasteiger charge is -2.12. The number of nitrogens with one attached hydrogen (secondary N) is 1. The van der Waals surface area contributed by atoms with Crippen molar-refractivity contribution in [1.82, 2.24) is 0 Å². The standard InChI is InChI=1S/C22H34FNO4S/c1-17(2)29-15-8-6-4-3-5-7-10-21(25)24-19-16-18(23)12-13-20(19)28-14-9-11-22(26)27/h12-13,16-17H,3-11,14-15H2,1-2H3,(H,24,25)(H,26,27). The minimum atomic E-state index is -0.893. The van der Waals surface area contributed by atoms with Crippen molar-refractivity contribution in [3.05, 3.63) is 24.0 Å². The van der Waals surface area contributed by atoms with E-state index in [0.29, 0.717) is 23.8 Å². The van der Waals surface area contributed by atoms with Crippen molar-refractivity contribution in [2.45, 2.75) is 76.9 Å². The van der Waals surface area contributed by atoms with E-state index in [-0.39, 0.29) is 24.6 Å². The van der Waals surface area contributed by atoms with Gasteiger partial charge in [0.25, 0.3) is 0 Å². The van der Waals surface area contributed by atoms with Crippen LogP contribution in [0.4, 0.5) is 10.1 Å². The highest BCUT2D eigenvalue weighted by Gasteiger charge is 2.10. The molecule has 164 valence electrons. The molecule has 0 radical (unpaired) electrons. The number of benzene rings is 1. The fourth-order valence-electron chi connectivity index (χ4n) is 2.76. The molecular weight excluding hydrogens is 393 g/mol. The molecule has 0 fully saturated rings. The monoisotopic (exact) mass is 427 g/mol. The highest BCUT2D eigenvalue weighted by molar-refractivity contribution is 7.99. The SMILES string of the molecule is CC(C)SCCCCCCCCC(=O)Nc1cc(F)ccc1OCCCC(=O)O. The minimum absolute atomic E-state index is 0.000545. The van der Waals surface area contributed by atoms with E-state index in [1.165, 1.54) is 43.2 Å². The molecule has 1 rings (SSSR count). The second-order valence-electron chi connectivity index (χ2n) is 7.33. The molecular formula is C22H34FNO4S. The Balaban J connectivity index is 2.25. The summed E-state index contributed by atoms with van der Waals surface area (Å²) in [5.74, 6) is 0.0437. The molecule has 0 aliphatic rings. The lowest BCUT2D eigenvalue weighted by Crippen LogP contribution is -2.13. The average molecular weight is 428 g/mol. The molecule has 0 aliphatic heterocycles. The Morgan fingerprint density at radius 2 is 1.76 bits per heavy atom. The first kappa shape index (κ1) is 25.3. The zero-order chi connectivity index (χ0) is 21.5. The van der Waals surface area contributed by atoms with Gasteiger partial charge in [-0.25, -0.2) is 4.39 Å². The van der Waals surface area contributed by atoms with Gasteiger partial charge in [-0.15, -0.1) is 0 Å². The number of carboxylic acid groups (broad SMARTS) is 1. The minimum Gasteiger partial charge on any atom is -0.491 e. The average Bonchev–Trinajstić information content (AvgIpc) is 2.64. The van der Waals surface area contributed by atoms with E-state index in [1.54, 1.807) is 0 Å². The third-order valence-electron chi connectivity index (χ3n) is 4.26. The number of rotatable bonds is 16. The Bertz CT molecular complexity index is 625. The van der Waals surface area contributed by atoms with E-state index in [4.69, 9.17) is 9.84 Å². The van der Waals surface area contributed by atoms with Gasteiger partial charge in [-0.1, -0.05) is 39.5 Å². The van der Waals surface area contributed by atoms with Gasteiger partial charge in [-0.2, -0.15) is 11.8 Å². The van der Waals surface area contributed by atoms with Gasteiger partial charge in [-0.3, -0.25) is 9.59 Å². The number of carbonyl (C=O) groups excluding carboxylic acids is 1. The molecule has 0 saturated carbocycles. The number of aliphatic carboxylic acids is 1. The second kappa shape index (κ2) is 15.1. The highest BCUT2D eigenvalue weighted by Crippen LogP contribution is 2.26. The van der Waals surface area contributed by atoms with Crippen LogP contribution in [0, 0.1) is 5.82 Å². The zero-order valence-corrected chi connectivity index (χ0v) is 18.4. The van der Waals surface area contributed by atoms with Crippen LogP contribution in [0.2, 0.25) is 0 Å². The van der Waals surface area contributed by atoms with Gasteiger partial charge in [0, 0.05) is 18.9 Å². The van der Waals surface area contributed by atoms with E-state index >= 15 is 0 Å². The first-order valence-corrected chi connectivity index (χ1v) is 11.5. The van der Waals surface area contributed by atoms with Crippen LogP contribution in [0.25, 0.3) is 0 Å². The summed E-state index contributed by atoms with van der Waals surface area (Å²) in [6.07, 6.45) is 7.34. The van der Waals surface area contributed by atoms with Gasteiger partial charge in [-0.05, 0) is 42.4 Å². The van der Waals surface area contributed by atoms with Crippen LogP contribution in [0.5, 0.6) is 5.75 Å². The Labute approximate surface area is 177 Å². The molecule has 2 N–H and O–H groups in total. The summed E-state index contributed by atoms with van der Waals surface area (Å²) in [5, 5.41) is 12.1. The third-order valence-corrected chi connectivity index (χ3v) is 5.45. The largest absolute Gasteiger partial charge is 0.491 e. The zero-order valence-electron chi connectivity index (χ0n) is 17.5. The molecule has 0 spiro atoms. The number of halogens is 1. The predicted octanol–water partition coefficient (Wildman–Crippen LogP) is 5.88. The summed E-state index contributed by atoms with van der Waals surface area (Å²) in [7, 11) is 0. The Morgan fingerprint density at radius 3 is 2.45 bits per heavy atom. The maximum Gasteiger partial charge on any atom is 0.303 e. The Kier molecular flexibility index (Phi) is 13.2. The van der Waals surface area contributed by atoms with Gasteiger partial charge < -0.3 is 15.2 Å². The van der Waals surface area contributed by atoms with Gasteiger partial charge >= 0.3 is 5.97 Å². The van der Waals surface area contributed by atoms with Crippen LogP contribution in [0.3, 0.4) is 0 Å². The van der Waals surface area contributed by atoms with Crippen LogP contribution < -0.4 is 10.1 Å². The molecule has 7 heteroatoms. The highest BCUT2D eigenvalue weighted by atomic mass is 32.2. The summed E-state index contributed by atoms with van der Waals surface area (Å²) in [6, 6.07) is 3.92. The molecule has 0 aliphatic carbocycles. The molecule has 0 bridgehead atoms. The van der Waals surface area contributed by atoms with E-state index in [2.05, 4.69) is 19.2 Å². The van der Waals surface area contributed by atoms with E-state index in [9.17, 15) is 14.0 Å². The number of thioether (sulfide) groups is 1. The van der Waals surface area contributed by atoms with Crippen LogP contribution in [-0.4, -0.2) is 34.6 Å². The molecule has 0 unspecified atom stereocenters. The number of hydrogen-bond acceptors (Lipinski definition) is 4. The number of hydrogen-bond donors (Lipinski definition) is 2. The van der Waals surface area contributed by atoms with Gasteiger partial charge in [0.05, 0.1) is 12.3 Å². The number of unbranched alkanes of at least 4 members (excludes halogenated alkanes) is 5. The van der Waals surface area contributed by atoms with Gasteiger partial charge in [0.15, 0.2) is 0 Å². The van der Waals surface area contributed by atoms with Crippen molar-refractivity contribution in [3.8, 4) is 5.75 Å². The van der Waals surface area contributed by atoms with Crippen LogP contribution in [0.1, 0.15) is 71.6 Å². The number of ether oxygens (including phenoxy) is 1. The first-order valence-electron chi connectivity index (χ1n) is 10.4. The molecule has 0 atom stereocenters. The maximum atomic E-state index is 13.5. The van der Waals surface area contributed by atoms with E-state index in [0.717, 1.165) is 19.3 Å². The van der Waals surface area contributed by atoms with E-state index < -0.39 is 11.8 Å². The summed E-state index contributed by atoms with van der Waals surface area (Å²) >= 11 is 2.00. The van der Waals surface area contributed by atoms with Crippen LogP contribution >= 0.6 is 11.8 Å². The van der Waals surface area contributed by atoms with Gasteiger partial charge in [0.1, 0.15) is 11.6 Å². The Hall–Kier alpha value is -1.76. The molecule has 0 saturated heterocycles. The fraction of sp³-hybridized carbons (Fsp3) is 0.636. The summed E-state index contributed by atoms with van der Waals surface area (Å²) < 4.78 is 19.0. The quantitative estimate of drug-likeness (QED) is 0.322. The molecule has 0 heterocycles. The fourth-order valence-corrected chi connectivity index (χ4v) is 3.60. The Morgan fingerprint density at radius 1 is 1.07 bits per heavy atom. The topological polar surface area (TPSA) is 75.6 Å². The molecule has 29 heavy (non-hydrogen) atoms. The molecule has 5 nitrogen and oxygen atoms in total. The number of carboxylic acids is 1. The predicted molar refractivity (Wildman–Crippen MR) is 117 cm³/mol. The molecule has 1 aromatic rings. The lowest BCUT2D eigenvalue weighted by atomic mass is 10.1. The smallest absolute Gasteiger partial charge is 0.303 e. The summed E-state index contributed by atoms with van der Waals surface area (Å²) in [4.78, 5) is 22.7. The van der Waals surface area contributed by atoms with Crippen molar-refractivity contribution < 1.29 is 23.8 Å². The third kappa shape index (κ3) is 13.2. The van der Waals surface area contributed by atoms with Crippen LogP contribution in [-0.2, 0) is 9.59 Å². The van der Waals surface area contributed by atoms with Crippen molar-refractivity contribution in [2.75, 3.05) is 17.7 Å². The number of anilines is 1. The van der Waals surface area contributed by atoms with Crippen molar-refractivity contribution in [1.29, 1.82) is 0 Å². The second-order valence-corrected chi connectivity index (χ2v) is 9.01. The van der Waals surface area contributed by atoms with Gasteiger partial charge in [0.2, 0.25) is 5.91 Å².